The van der Waals surface area contributed by atoms with E-state index in [0.717, 1.165) is 19.3 Å². The van der Waals surface area contributed by atoms with E-state index in [1.165, 1.54) is 5.56 Å². The van der Waals surface area contributed by atoms with Crippen LogP contribution in [0.3, 0.4) is 0 Å². The third-order valence-electron chi connectivity index (χ3n) is 2.94. The zero-order valence-corrected chi connectivity index (χ0v) is 11.1. The lowest BCUT2D eigenvalue weighted by molar-refractivity contribution is -0.125. The highest BCUT2D eigenvalue weighted by Crippen LogP contribution is 2.07. The Balaban J connectivity index is 2.39. The van der Waals surface area contributed by atoms with Crippen LogP contribution in [0.2, 0.25) is 0 Å². The zero-order valence-electron chi connectivity index (χ0n) is 11.1. The Morgan fingerprint density at radius 1 is 1.24 bits per heavy atom. The summed E-state index contributed by atoms with van der Waals surface area (Å²) in [7, 11) is 0. The molecule has 1 amide bonds. The summed E-state index contributed by atoms with van der Waals surface area (Å²) in [4.78, 5) is 11.8. The van der Waals surface area contributed by atoms with Crippen LogP contribution in [0, 0.1) is 5.92 Å². The molecular weight excluding hydrogens is 210 g/mol. The number of amides is 1. The average Bonchev–Trinajstić information content (AvgIpc) is 2.30. The van der Waals surface area contributed by atoms with Crippen molar-refractivity contribution < 1.29 is 4.79 Å². The maximum Gasteiger partial charge on any atom is 0.223 e. The first-order valence-corrected chi connectivity index (χ1v) is 6.47. The first kappa shape index (κ1) is 13.8. The van der Waals surface area contributed by atoms with Crippen LogP contribution in [-0.2, 0) is 11.2 Å². The first-order chi connectivity index (χ1) is 8.13. The molecule has 0 bridgehead atoms. The van der Waals surface area contributed by atoms with Crippen molar-refractivity contribution in [3.63, 3.8) is 0 Å². The van der Waals surface area contributed by atoms with E-state index in [0.29, 0.717) is 0 Å². The molecule has 0 saturated heterocycles. The van der Waals surface area contributed by atoms with Gasteiger partial charge in [0.15, 0.2) is 0 Å². The van der Waals surface area contributed by atoms with Gasteiger partial charge in [0, 0.05) is 12.0 Å². The lowest BCUT2D eigenvalue weighted by atomic mass is 10.0. The van der Waals surface area contributed by atoms with Crippen molar-refractivity contribution >= 4 is 5.91 Å². The third kappa shape index (κ3) is 5.03. The molecule has 0 aliphatic rings. The monoisotopic (exact) mass is 233 g/mol. The zero-order chi connectivity index (χ0) is 12.7. The fraction of sp³-hybridized carbons (Fsp3) is 0.533. The SMILES string of the molecule is CCCC(C)C(=O)N[C@H](C)Cc1ccccc1. The van der Waals surface area contributed by atoms with Crippen LogP contribution in [0.25, 0.3) is 0 Å². The summed E-state index contributed by atoms with van der Waals surface area (Å²) in [5.74, 6) is 0.300. The second-order valence-electron chi connectivity index (χ2n) is 4.79. The van der Waals surface area contributed by atoms with Crippen LogP contribution in [-0.4, -0.2) is 11.9 Å². The molecule has 0 radical (unpaired) electrons. The second kappa shape index (κ2) is 7.10. The molecule has 1 unspecified atom stereocenters. The highest BCUT2D eigenvalue weighted by molar-refractivity contribution is 5.78. The van der Waals surface area contributed by atoms with E-state index in [1.807, 2.05) is 25.1 Å². The highest BCUT2D eigenvalue weighted by Gasteiger charge is 2.14. The predicted octanol–water partition coefficient (Wildman–Crippen LogP) is 3.17. The number of benzene rings is 1. The molecule has 0 saturated carbocycles. The van der Waals surface area contributed by atoms with Crippen molar-refractivity contribution in [2.24, 2.45) is 5.92 Å². The van der Waals surface area contributed by atoms with Gasteiger partial charge in [0.25, 0.3) is 0 Å². The molecule has 0 fully saturated rings. The van der Waals surface area contributed by atoms with Crippen molar-refractivity contribution in [2.45, 2.75) is 46.1 Å². The molecule has 1 rings (SSSR count). The normalized spacial score (nSPS) is 14.1. The largest absolute Gasteiger partial charge is 0.353 e. The molecule has 0 aliphatic carbocycles. The molecule has 0 spiro atoms. The molecule has 2 atom stereocenters. The smallest absolute Gasteiger partial charge is 0.223 e. The van der Waals surface area contributed by atoms with E-state index in [1.54, 1.807) is 0 Å². The van der Waals surface area contributed by atoms with Crippen molar-refractivity contribution in [3.05, 3.63) is 35.9 Å². The molecule has 0 heterocycles. The summed E-state index contributed by atoms with van der Waals surface area (Å²) in [6, 6.07) is 10.5. The lowest BCUT2D eigenvalue weighted by Crippen LogP contribution is -2.37. The summed E-state index contributed by atoms with van der Waals surface area (Å²) in [6.07, 6.45) is 2.91. The minimum atomic E-state index is 0.123. The molecule has 2 heteroatoms. The number of carbonyl (C=O) groups is 1. The Labute approximate surface area is 104 Å². The topological polar surface area (TPSA) is 29.1 Å². The fourth-order valence-corrected chi connectivity index (χ4v) is 1.97. The molecule has 17 heavy (non-hydrogen) atoms. The molecular formula is C15H23NO. The number of hydrogen-bond donors (Lipinski definition) is 1. The molecule has 1 aromatic carbocycles. The van der Waals surface area contributed by atoms with Gasteiger partial charge in [-0.1, -0.05) is 50.6 Å². The quantitative estimate of drug-likeness (QED) is 0.803. The summed E-state index contributed by atoms with van der Waals surface area (Å²) >= 11 is 0. The molecule has 0 aliphatic heterocycles. The Hall–Kier alpha value is -1.31. The Morgan fingerprint density at radius 2 is 1.88 bits per heavy atom. The van der Waals surface area contributed by atoms with Gasteiger partial charge >= 0.3 is 0 Å². The van der Waals surface area contributed by atoms with Crippen LogP contribution in [0.5, 0.6) is 0 Å². The Bertz CT molecular complexity index is 334. The minimum absolute atomic E-state index is 0.123. The van der Waals surface area contributed by atoms with Crippen molar-refractivity contribution in [1.82, 2.24) is 5.32 Å². The van der Waals surface area contributed by atoms with Gasteiger partial charge in [0.1, 0.15) is 0 Å². The number of nitrogens with one attached hydrogen (secondary N) is 1. The van der Waals surface area contributed by atoms with Gasteiger partial charge in [0.05, 0.1) is 0 Å². The average molecular weight is 233 g/mol. The van der Waals surface area contributed by atoms with Crippen LogP contribution in [0.1, 0.15) is 39.2 Å². The number of rotatable bonds is 6. The number of hydrogen-bond acceptors (Lipinski definition) is 1. The molecule has 1 aromatic rings. The van der Waals surface area contributed by atoms with Gasteiger partial charge in [-0.05, 0) is 25.3 Å². The van der Waals surface area contributed by atoms with E-state index < -0.39 is 0 Å². The van der Waals surface area contributed by atoms with E-state index in [9.17, 15) is 4.79 Å². The van der Waals surface area contributed by atoms with Crippen LogP contribution < -0.4 is 5.32 Å². The van der Waals surface area contributed by atoms with Gasteiger partial charge in [-0.25, -0.2) is 0 Å². The van der Waals surface area contributed by atoms with E-state index in [4.69, 9.17) is 0 Å². The molecule has 1 N–H and O–H groups in total. The van der Waals surface area contributed by atoms with Gasteiger partial charge < -0.3 is 5.32 Å². The van der Waals surface area contributed by atoms with Gasteiger partial charge in [-0.3, -0.25) is 4.79 Å². The molecule has 94 valence electrons. The highest BCUT2D eigenvalue weighted by atomic mass is 16.1. The maximum absolute atomic E-state index is 11.8. The minimum Gasteiger partial charge on any atom is -0.353 e. The standard InChI is InChI=1S/C15H23NO/c1-4-8-12(2)15(17)16-13(3)11-14-9-6-5-7-10-14/h5-7,9-10,12-13H,4,8,11H2,1-3H3,(H,16,17)/t12?,13-/m1/s1. The van der Waals surface area contributed by atoms with Crippen molar-refractivity contribution in [3.8, 4) is 0 Å². The first-order valence-electron chi connectivity index (χ1n) is 6.47. The Morgan fingerprint density at radius 3 is 2.47 bits per heavy atom. The fourth-order valence-electron chi connectivity index (χ4n) is 1.97. The Kier molecular flexibility index (Phi) is 5.75. The lowest BCUT2D eigenvalue weighted by Gasteiger charge is -2.17. The third-order valence-corrected chi connectivity index (χ3v) is 2.94. The molecule has 2 nitrogen and oxygen atoms in total. The van der Waals surface area contributed by atoms with Gasteiger partial charge in [-0.15, -0.1) is 0 Å². The predicted molar refractivity (Wildman–Crippen MR) is 71.8 cm³/mol. The van der Waals surface area contributed by atoms with Crippen LogP contribution in [0.15, 0.2) is 30.3 Å². The van der Waals surface area contributed by atoms with E-state index in [-0.39, 0.29) is 17.9 Å². The van der Waals surface area contributed by atoms with E-state index in [2.05, 4.69) is 31.3 Å². The summed E-state index contributed by atoms with van der Waals surface area (Å²) in [5, 5.41) is 3.07. The van der Waals surface area contributed by atoms with Gasteiger partial charge in [0.2, 0.25) is 5.91 Å². The van der Waals surface area contributed by atoms with Crippen molar-refractivity contribution in [1.29, 1.82) is 0 Å². The van der Waals surface area contributed by atoms with Crippen LogP contribution in [0.4, 0.5) is 0 Å². The van der Waals surface area contributed by atoms with Crippen molar-refractivity contribution in [2.75, 3.05) is 0 Å². The van der Waals surface area contributed by atoms with Crippen LogP contribution >= 0.6 is 0 Å². The van der Waals surface area contributed by atoms with E-state index >= 15 is 0 Å². The summed E-state index contributed by atoms with van der Waals surface area (Å²) in [5.41, 5.74) is 1.27. The second-order valence-corrected chi connectivity index (χ2v) is 4.79. The summed E-state index contributed by atoms with van der Waals surface area (Å²) < 4.78 is 0. The number of carbonyl (C=O) groups excluding carboxylic acids is 1. The summed E-state index contributed by atoms with van der Waals surface area (Å²) in [6.45, 7) is 6.16. The maximum atomic E-state index is 11.8. The van der Waals surface area contributed by atoms with Gasteiger partial charge in [-0.2, -0.15) is 0 Å². The molecule has 0 aromatic heterocycles.